The van der Waals surface area contributed by atoms with E-state index in [0.717, 1.165) is 14.7 Å². The van der Waals surface area contributed by atoms with Gasteiger partial charge in [-0.1, -0.05) is 0 Å². The molecule has 0 radical (unpaired) electrons. The molecular weight excluding hydrogens is 241 g/mol. The summed E-state index contributed by atoms with van der Waals surface area (Å²) in [5.74, 6) is 0. The summed E-state index contributed by atoms with van der Waals surface area (Å²) in [5, 5.41) is 1.06. The van der Waals surface area contributed by atoms with Crippen molar-refractivity contribution in [3.8, 4) is 0 Å². The standard InChI is InChI=1S/C7H4INO/c8-7-3-6-5(4-9-7)1-2-10-6/h1-4H. The molecule has 0 bridgehead atoms. The van der Waals surface area contributed by atoms with Crippen molar-refractivity contribution < 1.29 is 4.42 Å². The Labute approximate surface area is 71.4 Å². The molecule has 0 amide bonds. The van der Waals surface area contributed by atoms with Crippen LogP contribution in [0.15, 0.2) is 29.0 Å². The van der Waals surface area contributed by atoms with Crippen LogP contribution >= 0.6 is 22.6 Å². The van der Waals surface area contributed by atoms with Gasteiger partial charge in [0.1, 0.15) is 9.28 Å². The molecular formula is C7H4INO. The molecule has 0 spiro atoms. The molecule has 0 unspecified atom stereocenters. The molecule has 3 heteroatoms. The molecule has 2 heterocycles. The molecule has 2 aromatic rings. The van der Waals surface area contributed by atoms with E-state index in [-0.39, 0.29) is 0 Å². The highest BCUT2D eigenvalue weighted by Gasteiger charge is 1.95. The van der Waals surface area contributed by atoms with Gasteiger partial charge >= 0.3 is 0 Å². The van der Waals surface area contributed by atoms with Crippen LogP contribution in [0.2, 0.25) is 0 Å². The molecule has 0 saturated carbocycles. The Hall–Kier alpha value is -0.580. The predicted molar refractivity (Wildman–Crippen MR) is 46.7 cm³/mol. The highest BCUT2D eigenvalue weighted by molar-refractivity contribution is 14.1. The summed E-state index contributed by atoms with van der Waals surface area (Å²) in [4.78, 5) is 4.11. The summed E-state index contributed by atoms with van der Waals surface area (Å²) in [5.41, 5.74) is 0.902. The van der Waals surface area contributed by atoms with Gasteiger partial charge in [-0.05, 0) is 28.7 Å². The van der Waals surface area contributed by atoms with Crippen molar-refractivity contribution in [2.45, 2.75) is 0 Å². The number of fused-ring (bicyclic) bond motifs is 1. The molecule has 10 heavy (non-hydrogen) atoms. The first-order chi connectivity index (χ1) is 4.86. The Balaban J connectivity index is 2.86. The smallest absolute Gasteiger partial charge is 0.138 e. The molecule has 0 aliphatic carbocycles. The molecule has 2 aromatic heterocycles. The van der Waals surface area contributed by atoms with E-state index in [1.807, 2.05) is 12.1 Å². The second-order valence-corrected chi connectivity index (χ2v) is 3.07. The fourth-order valence-corrected chi connectivity index (χ4v) is 1.25. The molecule has 0 aliphatic rings. The van der Waals surface area contributed by atoms with Gasteiger partial charge in [0.2, 0.25) is 0 Å². The van der Waals surface area contributed by atoms with Crippen LogP contribution < -0.4 is 0 Å². The zero-order valence-corrected chi connectivity index (χ0v) is 7.20. The van der Waals surface area contributed by atoms with Gasteiger partial charge in [-0.2, -0.15) is 0 Å². The van der Waals surface area contributed by atoms with Crippen LogP contribution in [0.4, 0.5) is 0 Å². The molecule has 0 aliphatic heterocycles. The van der Waals surface area contributed by atoms with E-state index >= 15 is 0 Å². The van der Waals surface area contributed by atoms with Crippen molar-refractivity contribution in [1.29, 1.82) is 0 Å². The first-order valence-corrected chi connectivity index (χ1v) is 3.93. The van der Waals surface area contributed by atoms with E-state index in [9.17, 15) is 0 Å². The predicted octanol–water partition coefficient (Wildman–Crippen LogP) is 2.43. The summed E-state index contributed by atoms with van der Waals surface area (Å²) in [6.07, 6.45) is 3.48. The molecule has 0 atom stereocenters. The van der Waals surface area contributed by atoms with Crippen molar-refractivity contribution in [1.82, 2.24) is 4.98 Å². The highest BCUT2D eigenvalue weighted by Crippen LogP contribution is 2.15. The molecule has 2 nitrogen and oxygen atoms in total. The van der Waals surface area contributed by atoms with Crippen LogP contribution in [0.5, 0.6) is 0 Å². The average molecular weight is 245 g/mol. The number of halogens is 1. The quantitative estimate of drug-likeness (QED) is 0.526. The first-order valence-electron chi connectivity index (χ1n) is 2.85. The second kappa shape index (κ2) is 2.23. The van der Waals surface area contributed by atoms with Crippen LogP contribution in [0.1, 0.15) is 0 Å². The number of hydrogen-bond acceptors (Lipinski definition) is 2. The van der Waals surface area contributed by atoms with E-state index in [1.54, 1.807) is 12.5 Å². The molecule has 0 fully saturated rings. The topological polar surface area (TPSA) is 26.0 Å². The minimum Gasteiger partial charge on any atom is -0.464 e. The summed E-state index contributed by atoms with van der Waals surface area (Å²) >= 11 is 2.15. The van der Waals surface area contributed by atoms with Crippen molar-refractivity contribution in [2.24, 2.45) is 0 Å². The number of nitrogens with zero attached hydrogens (tertiary/aromatic N) is 1. The van der Waals surface area contributed by atoms with Gasteiger partial charge in [0.25, 0.3) is 0 Å². The first kappa shape index (κ1) is 6.15. The maximum atomic E-state index is 5.15. The lowest BCUT2D eigenvalue weighted by Crippen LogP contribution is -1.75. The normalized spacial score (nSPS) is 10.5. The zero-order valence-electron chi connectivity index (χ0n) is 5.04. The van der Waals surface area contributed by atoms with Crippen LogP contribution in [-0.4, -0.2) is 4.98 Å². The fraction of sp³-hybridized carbons (Fsp3) is 0. The third-order valence-electron chi connectivity index (χ3n) is 1.30. The lowest BCUT2D eigenvalue weighted by atomic mass is 10.3. The monoisotopic (exact) mass is 245 g/mol. The van der Waals surface area contributed by atoms with Gasteiger partial charge in [-0.3, -0.25) is 0 Å². The zero-order chi connectivity index (χ0) is 6.97. The van der Waals surface area contributed by atoms with E-state index in [2.05, 4.69) is 27.6 Å². The van der Waals surface area contributed by atoms with Crippen molar-refractivity contribution in [3.63, 3.8) is 0 Å². The molecule has 50 valence electrons. The molecule has 0 N–H and O–H groups in total. The Morgan fingerprint density at radius 3 is 3.30 bits per heavy atom. The lowest BCUT2D eigenvalue weighted by molar-refractivity contribution is 0.615. The maximum absolute atomic E-state index is 5.15. The van der Waals surface area contributed by atoms with Crippen molar-refractivity contribution in [3.05, 3.63) is 28.3 Å². The highest BCUT2D eigenvalue weighted by atomic mass is 127. The van der Waals surface area contributed by atoms with Gasteiger partial charge in [0.05, 0.1) is 6.26 Å². The van der Waals surface area contributed by atoms with E-state index < -0.39 is 0 Å². The molecule has 0 saturated heterocycles. The largest absolute Gasteiger partial charge is 0.464 e. The van der Waals surface area contributed by atoms with Crippen LogP contribution in [0, 0.1) is 3.70 Å². The summed E-state index contributed by atoms with van der Waals surface area (Å²) in [6.45, 7) is 0. The number of hydrogen-bond donors (Lipinski definition) is 0. The minimum absolute atomic E-state index is 0.902. The Morgan fingerprint density at radius 2 is 2.40 bits per heavy atom. The van der Waals surface area contributed by atoms with Crippen molar-refractivity contribution >= 4 is 33.6 Å². The average Bonchev–Trinajstić information content (AvgIpc) is 2.33. The van der Waals surface area contributed by atoms with Gasteiger partial charge in [0, 0.05) is 17.6 Å². The van der Waals surface area contributed by atoms with Crippen LogP contribution in [0.25, 0.3) is 11.0 Å². The SMILES string of the molecule is Ic1cc2occc2cn1. The third-order valence-corrected chi connectivity index (χ3v) is 1.89. The van der Waals surface area contributed by atoms with Gasteiger partial charge in [-0.25, -0.2) is 4.98 Å². The van der Waals surface area contributed by atoms with Crippen LogP contribution in [-0.2, 0) is 0 Å². The summed E-state index contributed by atoms with van der Waals surface area (Å²) in [7, 11) is 0. The molecule has 2 rings (SSSR count). The van der Waals surface area contributed by atoms with E-state index in [1.165, 1.54) is 0 Å². The van der Waals surface area contributed by atoms with E-state index in [4.69, 9.17) is 4.42 Å². The minimum atomic E-state index is 0.902. The summed E-state index contributed by atoms with van der Waals surface area (Å²) < 4.78 is 6.11. The van der Waals surface area contributed by atoms with Gasteiger partial charge in [-0.15, -0.1) is 0 Å². The second-order valence-electron chi connectivity index (χ2n) is 1.97. The third kappa shape index (κ3) is 0.901. The number of furan rings is 1. The fourth-order valence-electron chi connectivity index (χ4n) is 0.831. The maximum Gasteiger partial charge on any atom is 0.138 e. The Kier molecular flexibility index (Phi) is 1.37. The van der Waals surface area contributed by atoms with Crippen LogP contribution in [0.3, 0.4) is 0 Å². The molecule has 0 aromatic carbocycles. The number of pyridine rings is 1. The van der Waals surface area contributed by atoms with Crippen molar-refractivity contribution in [2.75, 3.05) is 0 Å². The lowest BCUT2D eigenvalue weighted by Gasteiger charge is -1.86. The van der Waals surface area contributed by atoms with E-state index in [0.29, 0.717) is 0 Å². The number of rotatable bonds is 0. The Bertz CT molecular complexity index is 355. The van der Waals surface area contributed by atoms with Gasteiger partial charge < -0.3 is 4.42 Å². The number of aromatic nitrogens is 1. The Morgan fingerprint density at radius 1 is 1.50 bits per heavy atom. The summed E-state index contributed by atoms with van der Waals surface area (Å²) in [6, 6.07) is 3.81. The van der Waals surface area contributed by atoms with Gasteiger partial charge in [0.15, 0.2) is 0 Å².